The summed E-state index contributed by atoms with van der Waals surface area (Å²) in [6, 6.07) is 0. The highest BCUT2D eigenvalue weighted by Crippen LogP contribution is 1.83. The van der Waals surface area contributed by atoms with E-state index in [0.717, 1.165) is 13.1 Å². The van der Waals surface area contributed by atoms with Crippen LogP contribution >= 0.6 is 0 Å². The summed E-state index contributed by atoms with van der Waals surface area (Å²) >= 11 is 0. The van der Waals surface area contributed by atoms with Gasteiger partial charge in [0.05, 0.1) is 0 Å². The lowest BCUT2D eigenvalue weighted by molar-refractivity contribution is 0.257. The summed E-state index contributed by atoms with van der Waals surface area (Å²) in [7, 11) is 0. The maximum Gasteiger partial charge on any atom is 0.231 e. The van der Waals surface area contributed by atoms with Gasteiger partial charge in [0.25, 0.3) is 0 Å². The van der Waals surface area contributed by atoms with Gasteiger partial charge in [0.2, 0.25) is 6.35 Å². The second-order valence-corrected chi connectivity index (χ2v) is 1.20. The predicted octanol–water partition coefficient (Wildman–Crippen LogP) is -1.00. The first-order valence-corrected chi connectivity index (χ1v) is 1.93. The van der Waals surface area contributed by atoms with Crippen molar-refractivity contribution in [3.8, 4) is 0 Å². The largest absolute Gasteiger partial charge is 0.358 e. The summed E-state index contributed by atoms with van der Waals surface area (Å²) in [5.41, 5.74) is 0. The molecular weight excluding hydrogens is 80.0 g/mol. The Morgan fingerprint density at radius 1 is 1.33 bits per heavy atom. The van der Waals surface area contributed by atoms with Gasteiger partial charge >= 0.3 is 0 Å². The third kappa shape index (κ3) is 0.680. The lowest BCUT2D eigenvalue weighted by Crippen LogP contribution is -2.19. The van der Waals surface area contributed by atoms with Crippen LogP contribution in [0, 0.1) is 6.35 Å². The van der Waals surface area contributed by atoms with Crippen molar-refractivity contribution in [2.24, 2.45) is 0 Å². The van der Waals surface area contributed by atoms with E-state index in [1.54, 1.807) is 0 Å². The lowest BCUT2D eigenvalue weighted by atomic mass is 10.7. The monoisotopic (exact) mass is 87.1 g/mol. The van der Waals surface area contributed by atoms with E-state index in [9.17, 15) is 0 Å². The minimum absolute atomic E-state index is 0.204. The van der Waals surface area contributed by atoms with Crippen LogP contribution < -0.4 is 10.6 Å². The molecule has 0 aromatic carbocycles. The average molecular weight is 87.1 g/mol. The van der Waals surface area contributed by atoms with Crippen LogP contribution in [0.5, 0.6) is 0 Å². The van der Waals surface area contributed by atoms with Crippen molar-refractivity contribution in [3.63, 3.8) is 0 Å². The second kappa shape index (κ2) is 1.55. The van der Waals surface area contributed by atoms with Crippen LogP contribution in [0.15, 0.2) is 0 Å². The van der Waals surface area contributed by atoms with Gasteiger partial charge in [0.15, 0.2) is 0 Å². The number of rotatable bonds is 0. The highest BCUT2D eigenvalue weighted by atomic mass is 16.3. The Bertz CT molecular complexity index is 42.1. The molecule has 6 heavy (non-hydrogen) atoms. The normalized spacial score (nSPS) is 25.5. The first kappa shape index (κ1) is 4.05. The van der Waals surface area contributed by atoms with Crippen molar-refractivity contribution in [3.05, 3.63) is 6.35 Å². The van der Waals surface area contributed by atoms with Gasteiger partial charge < -0.3 is 5.11 Å². The van der Waals surface area contributed by atoms with Gasteiger partial charge in [-0.1, -0.05) is 0 Å². The molecular formula is C3H7N2O. The molecule has 1 aliphatic heterocycles. The van der Waals surface area contributed by atoms with Crippen LogP contribution in [-0.2, 0) is 0 Å². The summed E-state index contributed by atoms with van der Waals surface area (Å²) in [6.07, 6.45) is 0.204. The van der Waals surface area contributed by atoms with Crippen molar-refractivity contribution in [2.75, 3.05) is 13.1 Å². The van der Waals surface area contributed by atoms with Gasteiger partial charge in [-0.05, 0) is 0 Å². The summed E-state index contributed by atoms with van der Waals surface area (Å²) in [5, 5.41) is 13.8. The molecule has 0 saturated carbocycles. The first-order chi connectivity index (χ1) is 2.89. The summed E-state index contributed by atoms with van der Waals surface area (Å²) in [6.45, 7) is 1.68. The van der Waals surface area contributed by atoms with E-state index in [1.165, 1.54) is 0 Å². The van der Waals surface area contributed by atoms with E-state index in [-0.39, 0.29) is 6.35 Å². The van der Waals surface area contributed by atoms with E-state index in [2.05, 4.69) is 10.6 Å². The van der Waals surface area contributed by atoms with Crippen molar-refractivity contribution < 1.29 is 5.11 Å². The van der Waals surface area contributed by atoms with Crippen LogP contribution in [0.2, 0.25) is 0 Å². The SMILES string of the molecule is O[C]1NCCN1. The van der Waals surface area contributed by atoms with Crippen molar-refractivity contribution >= 4 is 0 Å². The Labute approximate surface area is 36.4 Å². The molecule has 1 rings (SSSR count). The van der Waals surface area contributed by atoms with Gasteiger partial charge in [-0.2, -0.15) is 0 Å². The number of hydrogen-bond acceptors (Lipinski definition) is 3. The number of hydrogen-bond donors (Lipinski definition) is 3. The highest BCUT2D eigenvalue weighted by molar-refractivity contribution is 4.76. The second-order valence-electron chi connectivity index (χ2n) is 1.20. The fourth-order valence-corrected chi connectivity index (χ4v) is 0.424. The van der Waals surface area contributed by atoms with E-state index >= 15 is 0 Å². The Hall–Kier alpha value is -0.120. The molecule has 0 atom stereocenters. The van der Waals surface area contributed by atoms with E-state index < -0.39 is 0 Å². The van der Waals surface area contributed by atoms with Gasteiger partial charge in [0, 0.05) is 13.1 Å². The quantitative estimate of drug-likeness (QED) is 0.355. The predicted molar refractivity (Wildman–Crippen MR) is 21.2 cm³/mol. The average Bonchev–Trinajstić information content (AvgIpc) is 1.86. The maximum atomic E-state index is 8.42. The van der Waals surface area contributed by atoms with Crippen LogP contribution in [0.1, 0.15) is 0 Å². The Balaban J connectivity index is 2.18. The summed E-state index contributed by atoms with van der Waals surface area (Å²) < 4.78 is 0. The molecule has 1 aliphatic rings. The number of nitrogens with one attached hydrogen (secondary N) is 2. The molecule has 0 aliphatic carbocycles. The van der Waals surface area contributed by atoms with Gasteiger partial charge in [0.1, 0.15) is 0 Å². The van der Waals surface area contributed by atoms with Crippen LogP contribution in [0.4, 0.5) is 0 Å². The third-order valence-corrected chi connectivity index (χ3v) is 0.710. The molecule has 0 bridgehead atoms. The van der Waals surface area contributed by atoms with Gasteiger partial charge in [-0.3, -0.25) is 10.6 Å². The molecule has 3 N–H and O–H groups in total. The topological polar surface area (TPSA) is 44.3 Å². The number of aliphatic hydroxyl groups excluding tert-OH is 1. The fraction of sp³-hybridized carbons (Fsp3) is 0.667. The van der Waals surface area contributed by atoms with Crippen molar-refractivity contribution in [1.82, 2.24) is 10.6 Å². The molecule has 0 spiro atoms. The van der Waals surface area contributed by atoms with Crippen LogP contribution in [0.3, 0.4) is 0 Å². The van der Waals surface area contributed by atoms with Crippen molar-refractivity contribution in [2.45, 2.75) is 0 Å². The first-order valence-electron chi connectivity index (χ1n) is 1.93. The Morgan fingerprint density at radius 2 is 1.83 bits per heavy atom. The minimum atomic E-state index is 0.204. The lowest BCUT2D eigenvalue weighted by Gasteiger charge is -1.93. The van der Waals surface area contributed by atoms with E-state index in [0.29, 0.717) is 0 Å². The molecule has 35 valence electrons. The molecule has 3 heteroatoms. The molecule has 1 saturated heterocycles. The third-order valence-electron chi connectivity index (χ3n) is 0.710. The van der Waals surface area contributed by atoms with E-state index in [4.69, 9.17) is 5.11 Å². The molecule has 0 unspecified atom stereocenters. The maximum absolute atomic E-state index is 8.42. The molecule has 3 nitrogen and oxygen atoms in total. The smallest absolute Gasteiger partial charge is 0.231 e. The zero-order valence-electron chi connectivity index (χ0n) is 3.36. The van der Waals surface area contributed by atoms with E-state index in [1.807, 2.05) is 0 Å². The zero-order valence-corrected chi connectivity index (χ0v) is 3.36. The number of aliphatic hydroxyl groups is 1. The molecule has 0 aromatic heterocycles. The fourth-order valence-electron chi connectivity index (χ4n) is 0.424. The zero-order chi connectivity index (χ0) is 4.41. The van der Waals surface area contributed by atoms with Crippen LogP contribution in [0.25, 0.3) is 0 Å². The van der Waals surface area contributed by atoms with Crippen LogP contribution in [-0.4, -0.2) is 18.2 Å². The van der Waals surface area contributed by atoms with Crippen molar-refractivity contribution in [1.29, 1.82) is 0 Å². The summed E-state index contributed by atoms with van der Waals surface area (Å²) in [4.78, 5) is 0. The Kier molecular flexibility index (Phi) is 1.05. The highest BCUT2D eigenvalue weighted by Gasteiger charge is 2.07. The van der Waals surface area contributed by atoms with Gasteiger partial charge in [-0.15, -0.1) is 0 Å². The molecule has 0 aromatic rings. The molecule has 1 heterocycles. The summed E-state index contributed by atoms with van der Waals surface area (Å²) in [5.74, 6) is 0. The minimum Gasteiger partial charge on any atom is -0.358 e. The standard InChI is InChI=1S/C3H7N2O/c6-3-4-1-2-5-3/h4-6H,1-2H2. The molecule has 1 radical (unpaired) electrons. The molecule has 1 fully saturated rings. The molecule has 0 amide bonds. The Morgan fingerprint density at radius 3 is 2.00 bits per heavy atom. The van der Waals surface area contributed by atoms with Gasteiger partial charge in [-0.25, -0.2) is 0 Å².